The van der Waals surface area contributed by atoms with E-state index in [9.17, 15) is 4.79 Å². The standard InChI is InChI=1S/C8H11ClN2O3/c1-3-5(2)11-7(14-8(12)13)6(9)4-10-11/h4-5H,3H2,1-2H3,(H,12,13). The molecule has 6 heteroatoms. The molecule has 78 valence electrons. The first kappa shape index (κ1) is 10.8. The summed E-state index contributed by atoms with van der Waals surface area (Å²) in [5.74, 6) is 0.0773. The third kappa shape index (κ3) is 2.17. The maximum atomic E-state index is 10.4. The van der Waals surface area contributed by atoms with Crippen LogP contribution in [0.4, 0.5) is 4.79 Å². The third-order valence-electron chi connectivity index (χ3n) is 1.90. The molecule has 0 bridgehead atoms. The molecule has 0 radical (unpaired) electrons. The van der Waals surface area contributed by atoms with Crippen LogP contribution in [-0.4, -0.2) is 21.0 Å². The van der Waals surface area contributed by atoms with Gasteiger partial charge in [0.2, 0.25) is 5.88 Å². The van der Waals surface area contributed by atoms with E-state index >= 15 is 0 Å². The van der Waals surface area contributed by atoms with Crippen molar-refractivity contribution < 1.29 is 14.6 Å². The van der Waals surface area contributed by atoms with E-state index in [1.807, 2.05) is 13.8 Å². The van der Waals surface area contributed by atoms with Gasteiger partial charge in [-0.05, 0) is 13.3 Å². The molecule has 0 aliphatic carbocycles. The lowest BCUT2D eigenvalue weighted by molar-refractivity contribution is 0.138. The molecule has 0 spiro atoms. The highest BCUT2D eigenvalue weighted by Gasteiger charge is 2.17. The maximum absolute atomic E-state index is 10.4. The smallest absolute Gasteiger partial charge is 0.449 e. The van der Waals surface area contributed by atoms with E-state index < -0.39 is 6.16 Å². The van der Waals surface area contributed by atoms with Crippen LogP contribution in [0, 0.1) is 0 Å². The van der Waals surface area contributed by atoms with Gasteiger partial charge in [0.1, 0.15) is 5.02 Å². The van der Waals surface area contributed by atoms with Crippen LogP contribution < -0.4 is 4.74 Å². The highest BCUT2D eigenvalue weighted by Crippen LogP contribution is 2.27. The molecule has 1 unspecified atom stereocenters. The van der Waals surface area contributed by atoms with Crippen LogP contribution in [-0.2, 0) is 0 Å². The van der Waals surface area contributed by atoms with Crippen LogP contribution in [0.2, 0.25) is 5.02 Å². The van der Waals surface area contributed by atoms with Gasteiger partial charge in [-0.15, -0.1) is 0 Å². The Hall–Kier alpha value is -1.23. The fourth-order valence-electron chi connectivity index (χ4n) is 0.995. The largest absolute Gasteiger partial charge is 0.512 e. The molecule has 0 saturated heterocycles. The first-order chi connectivity index (χ1) is 6.56. The van der Waals surface area contributed by atoms with E-state index in [0.29, 0.717) is 0 Å². The summed E-state index contributed by atoms with van der Waals surface area (Å²) in [4.78, 5) is 10.4. The highest BCUT2D eigenvalue weighted by molar-refractivity contribution is 6.31. The third-order valence-corrected chi connectivity index (χ3v) is 2.16. The van der Waals surface area contributed by atoms with Gasteiger partial charge in [-0.3, -0.25) is 0 Å². The zero-order valence-corrected chi connectivity index (χ0v) is 8.65. The molecule has 0 aliphatic rings. The van der Waals surface area contributed by atoms with Gasteiger partial charge in [0.05, 0.1) is 12.2 Å². The lowest BCUT2D eigenvalue weighted by Gasteiger charge is -2.11. The Bertz CT molecular complexity index is 337. The molecule has 5 nitrogen and oxygen atoms in total. The Morgan fingerprint density at radius 1 is 1.86 bits per heavy atom. The maximum Gasteiger partial charge on any atom is 0.512 e. The van der Waals surface area contributed by atoms with Crippen molar-refractivity contribution in [2.24, 2.45) is 0 Å². The minimum Gasteiger partial charge on any atom is -0.449 e. The summed E-state index contributed by atoms with van der Waals surface area (Å²) in [7, 11) is 0. The van der Waals surface area contributed by atoms with Gasteiger partial charge in [0.25, 0.3) is 0 Å². The molecular formula is C8H11ClN2O3. The second kappa shape index (κ2) is 4.32. The molecule has 1 aromatic heterocycles. The van der Waals surface area contributed by atoms with Crippen molar-refractivity contribution >= 4 is 17.8 Å². The summed E-state index contributed by atoms with van der Waals surface area (Å²) in [5, 5.41) is 12.6. The van der Waals surface area contributed by atoms with Crippen molar-refractivity contribution in [2.75, 3.05) is 0 Å². The van der Waals surface area contributed by atoms with E-state index in [4.69, 9.17) is 16.7 Å². The van der Waals surface area contributed by atoms with Crippen molar-refractivity contribution in [2.45, 2.75) is 26.3 Å². The van der Waals surface area contributed by atoms with Gasteiger partial charge >= 0.3 is 6.16 Å². The molecule has 1 aromatic rings. The predicted octanol–water partition coefficient (Wildman–Crippen LogP) is 2.56. The number of hydrogen-bond acceptors (Lipinski definition) is 3. The second-order valence-corrected chi connectivity index (χ2v) is 3.27. The summed E-state index contributed by atoms with van der Waals surface area (Å²) in [6.07, 6.45) is 0.789. The summed E-state index contributed by atoms with van der Waals surface area (Å²) in [6, 6.07) is 0.0526. The van der Waals surface area contributed by atoms with Gasteiger partial charge in [-0.1, -0.05) is 18.5 Å². The van der Waals surface area contributed by atoms with E-state index in [1.54, 1.807) is 0 Å². The molecule has 1 atom stereocenters. The number of halogens is 1. The van der Waals surface area contributed by atoms with Crippen molar-refractivity contribution in [1.29, 1.82) is 0 Å². The summed E-state index contributed by atoms with van der Waals surface area (Å²) >= 11 is 5.72. The molecule has 1 N–H and O–H groups in total. The minimum atomic E-state index is -1.39. The minimum absolute atomic E-state index is 0.0526. The van der Waals surface area contributed by atoms with Gasteiger partial charge in [-0.25, -0.2) is 9.48 Å². The van der Waals surface area contributed by atoms with Crippen molar-refractivity contribution in [3.8, 4) is 5.88 Å². The number of carbonyl (C=O) groups is 1. The summed E-state index contributed by atoms with van der Waals surface area (Å²) in [5.41, 5.74) is 0. The first-order valence-electron chi connectivity index (χ1n) is 4.20. The van der Waals surface area contributed by atoms with Crippen molar-refractivity contribution in [3.63, 3.8) is 0 Å². The SMILES string of the molecule is CCC(C)n1ncc(Cl)c1OC(=O)O. The Morgan fingerprint density at radius 3 is 3.00 bits per heavy atom. The average Bonchev–Trinajstić information content (AvgIpc) is 2.46. The normalized spacial score (nSPS) is 12.5. The molecule has 0 fully saturated rings. The van der Waals surface area contributed by atoms with E-state index in [-0.39, 0.29) is 16.9 Å². The number of hydrogen-bond donors (Lipinski definition) is 1. The van der Waals surface area contributed by atoms with Crippen LogP contribution in [0.15, 0.2) is 6.20 Å². The number of rotatable bonds is 3. The predicted molar refractivity (Wildman–Crippen MR) is 50.9 cm³/mol. The number of ether oxygens (including phenoxy) is 1. The van der Waals surface area contributed by atoms with Crippen LogP contribution in [0.25, 0.3) is 0 Å². The number of carboxylic acid groups (broad SMARTS) is 1. The second-order valence-electron chi connectivity index (χ2n) is 2.87. The summed E-state index contributed by atoms with van der Waals surface area (Å²) < 4.78 is 5.98. The molecule has 0 amide bonds. The van der Waals surface area contributed by atoms with Gasteiger partial charge in [-0.2, -0.15) is 5.10 Å². The fourth-order valence-corrected chi connectivity index (χ4v) is 1.16. The zero-order chi connectivity index (χ0) is 10.7. The Morgan fingerprint density at radius 2 is 2.50 bits per heavy atom. The number of aromatic nitrogens is 2. The Labute approximate surface area is 86.2 Å². The highest BCUT2D eigenvalue weighted by atomic mass is 35.5. The Kier molecular flexibility index (Phi) is 3.35. The van der Waals surface area contributed by atoms with Crippen molar-refractivity contribution in [1.82, 2.24) is 9.78 Å². The topological polar surface area (TPSA) is 64.4 Å². The molecule has 1 heterocycles. The monoisotopic (exact) mass is 218 g/mol. The molecular weight excluding hydrogens is 208 g/mol. The van der Waals surface area contributed by atoms with Gasteiger partial charge in [0.15, 0.2) is 0 Å². The fraction of sp³-hybridized carbons (Fsp3) is 0.500. The Balaban J connectivity index is 2.99. The van der Waals surface area contributed by atoms with Gasteiger partial charge in [0, 0.05) is 0 Å². The van der Waals surface area contributed by atoms with Crippen LogP contribution in [0.5, 0.6) is 5.88 Å². The molecule has 1 rings (SSSR count). The van der Waals surface area contributed by atoms with E-state index in [1.165, 1.54) is 10.9 Å². The number of nitrogens with zero attached hydrogens (tertiary/aromatic N) is 2. The lowest BCUT2D eigenvalue weighted by atomic mass is 10.3. The molecule has 0 aliphatic heterocycles. The van der Waals surface area contributed by atoms with Gasteiger partial charge < -0.3 is 9.84 Å². The quantitative estimate of drug-likeness (QED) is 0.792. The molecule has 14 heavy (non-hydrogen) atoms. The lowest BCUT2D eigenvalue weighted by Crippen LogP contribution is -2.12. The van der Waals surface area contributed by atoms with Crippen LogP contribution in [0.1, 0.15) is 26.3 Å². The van der Waals surface area contributed by atoms with Crippen molar-refractivity contribution in [3.05, 3.63) is 11.2 Å². The van der Waals surface area contributed by atoms with E-state index in [0.717, 1.165) is 6.42 Å². The zero-order valence-electron chi connectivity index (χ0n) is 7.90. The summed E-state index contributed by atoms with van der Waals surface area (Å²) in [6.45, 7) is 3.86. The van der Waals surface area contributed by atoms with E-state index in [2.05, 4.69) is 9.84 Å². The average molecular weight is 219 g/mol. The molecule has 0 saturated carbocycles. The first-order valence-corrected chi connectivity index (χ1v) is 4.57. The van der Waals surface area contributed by atoms with Crippen LogP contribution >= 0.6 is 11.6 Å². The molecule has 0 aromatic carbocycles. The van der Waals surface area contributed by atoms with Crippen LogP contribution in [0.3, 0.4) is 0 Å².